The maximum Gasteiger partial charge on any atom is 0.242 e. The van der Waals surface area contributed by atoms with E-state index in [2.05, 4.69) is 4.99 Å². The molecule has 1 heterocycles. The molecule has 0 unspecified atom stereocenters. The van der Waals surface area contributed by atoms with Gasteiger partial charge in [0.05, 0.1) is 0 Å². The summed E-state index contributed by atoms with van der Waals surface area (Å²) in [6.45, 7) is 0.842. The van der Waals surface area contributed by atoms with Gasteiger partial charge in [-0.15, -0.1) is 11.6 Å². The van der Waals surface area contributed by atoms with Crippen LogP contribution < -0.4 is 0 Å². The topological polar surface area (TPSA) is 32.7 Å². The second-order valence-corrected chi connectivity index (χ2v) is 3.11. The minimum Gasteiger partial charge on any atom is -0.303 e. The molecule has 12 heavy (non-hydrogen) atoms. The fraction of sp³-hybridized carbons (Fsp3) is 0.750. The van der Waals surface area contributed by atoms with Crippen molar-refractivity contribution in [3.05, 3.63) is 0 Å². The summed E-state index contributed by atoms with van der Waals surface area (Å²) in [5.41, 5.74) is 0. The smallest absolute Gasteiger partial charge is 0.242 e. The molecule has 0 saturated heterocycles. The van der Waals surface area contributed by atoms with E-state index in [-0.39, 0.29) is 11.8 Å². The Morgan fingerprint density at radius 1 is 1.67 bits per heavy atom. The Hall–Kier alpha value is -0.570. The Bertz CT molecular complexity index is 203. The van der Waals surface area contributed by atoms with Crippen LogP contribution in [0.5, 0.6) is 0 Å². The first-order chi connectivity index (χ1) is 5.75. The molecule has 1 aliphatic rings. The zero-order valence-corrected chi connectivity index (χ0v) is 7.97. The fourth-order valence-corrected chi connectivity index (χ4v) is 1.37. The van der Waals surface area contributed by atoms with E-state index >= 15 is 0 Å². The van der Waals surface area contributed by atoms with E-state index in [1.54, 1.807) is 11.9 Å². The summed E-state index contributed by atoms with van der Waals surface area (Å²) < 4.78 is 0. The van der Waals surface area contributed by atoms with E-state index in [4.69, 9.17) is 11.6 Å². The highest BCUT2D eigenvalue weighted by Crippen LogP contribution is 2.08. The molecule has 1 amide bonds. The first kappa shape index (κ1) is 9.52. The Morgan fingerprint density at radius 2 is 2.42 bits per heavy atom. The standard InChI is InChI=1S/C8H13ClN2O/c1-11(8(12)6-9)7-4-2-3-5-10-7/h2-6H2,1H3. The molecule has 0 aliphatic carbocycles. The van der Waals surface area contributed by atoms with Crippen LogP contribution in [0, 0.1) is 0 Å². The number of halogens is 1. The second kappa shape index (κ2) is 4.45. The molecule has 3 nitrogen and oxygen atoms in total. The van der Waals surface area contributed by atoms with Gasteiger partial charge in [0, 0.05) is 20.0 Å². The normalized spacial score (nSPS) is 17.0. The second-order valence-electron chi connectivity index (χ2n) is 2.84. The zero-order chi connectivity index (χ0) is 8.97. The van der Waals surface area contributed by atoms with Gasteiger partial charge in [0.15, 0.2) is 0 Å². The van der Waals surface area contributed by atoms with Crippen molar-refractivity contribution >= 4 is 23.3 Å². The number of alkyl halides is 1. The molecule has 0 atom stereocenters. The minimum absolute atomic E-state index is 0.0372. The van der Waals surface area contributed by atoms with E-state index in [1.165, 1.54) is 0 Å². The number of amides is 1. The zero-order valence-electron chi connectivity index (χ0n) is 7.22. The van der Waals surface area contributed by atoms with Crippen molar-refractivity contribution in [3.63, 3.8) is 0 Å². The predicted octanol–water partition coefficient (Wildman–Crippen LogP) is 1.27. The fourth-order valence-electron chi connectivity index (χ4n) is 1.19. The summed E-state index contributed by atoms with van der Waals surface area (Å²) in [7, 11) is 1.73. The Labute approximate surface area is 77.4 Å². The number of hydrogen-bond donors (Lipinski definition) is 0. The highest BCUT2D eigenvalue weighted by Gasteiger charge is 2.14. The van der Waals surface area contributed by atoms with Gasteiger partial charge < -0.3 is 4.90 Å². The van der Waals surface area contributed by atoms with Crippen molar-refractivity contribution in [2.24, 2.45) is 4.99 Å². The van der Waals surface area contributed by atoms with E-state index in [9.17, 15) is 4.79 Å². The first-order valence-corrected chi connectivity index (χ1v) is 4.65. The lowest BCUT2D eigenvalue weighted by Crippen LogP contribution is -2.35. The monoisotopic (exact) mass is 188 g/mol. The Balaban J connectivity index is 2.56. The molecule has 1 aliphatic heterocycles. The van der Waals surface area contributed by atoms with Gasteiger partial charge in [-0.1, -0.05) is 0 Å². The van der Waals surface area contributed by atoms with Crippen molar-refractivity contribution in [3.8, 4) is 0 Å². The van der Waals surface area contributed by atoms with E-state index in [0.717, 1.165) is 31.6 Å². The number of carbonyl (C=O) groups is 1. The molecule has 0 fully saturated rings. The van der Waals surface area contributed by atoms with Gasteiger partial charge in [0.1, 0.15) is 11.7 Å². The van der Waals surface area contributed by atoms with Crippen LogP contribution in [-0.4, -0.2) is 36.1 Å². The van der Waals surface area contributed by atoms with Crippen molar-refractivity contribution in [2.75, 3.05) is 19.5 Å². The average molecular weight is 189 g/mol. The Morgan fingerprint density at radius 3 is 2.92 bits per heavy atom. The van der Waals surface area contributed by atoms with Crippen LogP contribution in [0.4, 0.5) is 0 Å². The SMILES string of the molecule is CN(C(=O)CCl)C1=NCCCC1. The van der Waals surface area contributed by atoms with E-state index in [1.807, 2.05) is 0 Å². The molecular weight excluding hydrogens is 176 g/mol. The van der Waals surface area contributed by atoms with E-state index in [0.29, 0.717) is 0 Å². The largest absolute Gasteiger partial charge is 0.303 e. The molecule has 0 saturated carbocycles. The molecule has 0 N–H and O–H groups in total. The Kier molecular flexibility index (Phi) is 3.53. The maximum absolute atomic E-state index is 11.1. The van der Waals surface area contributed by atoms with Gasteiger partial charge >= 0.3 is 0 Å². The van der Waals surface area contributed by atoms with Crippen molar-refractivity contribution in [1.82, 2.24) is 4.90 Å². The maximum atomic E-state index is 11.1. The number of amidine groups is 1. The lowest BCUT2D eigenvalue weighted by Gasteiger charge is -2.21. The highest BCUT2D eigenvalue weighted by atomic mass is 35.5. The highest BCUT2D eigenvalue weighted by molar-refractivity contribution is 6.28. The minimum atomic E-state index is -0.0719. The quantitative estimate of drug-likeness (QED) is 0.571. The van der Waals surface area contributed by atoms with Gasteiger partial charge in [0.25, 0.3) is 0 Å². The summed E-state index contributed by atoms with van der Waals surface area (Å²) in [6, 6.07) is 0. The summed E-state index contributed by atoms with van der Waals surface area (Å²) in [6.07, 6.45) is 3.16. The summed E-state index contributed by atoms with van der Waals surface area (Å²) >= 11 is 5.42. The number of rotatable bonds is 1. The molecule has 1 rings (SSSR count). The number of aliphatic imine (C=N–C) groups is 1. The number of nitrogens with zero attached hydrogens (tertiary/aromatic N) is 2. The van der Waals surface area contributed by atoms with Crippen LogP contribution in [0.15, 0.2) is 4.99 Å². The molecule has 0 aromatic heterocycles. The van der Waals surface area contributed by atoms with Crippen LogP contribution in [0.2, 0.25) is 0 Å². The first-order valence-electron chi connectivity index (χ1n) is 4.11. The summed E-state index contributed by atoms with van der Waals surface area (Å²) in [4.78, 5) is 16.9. The van der Waals surface area contributed by atoms with Gasteiger partial charge in [0.2, 0.25) is 5.91 Å². The van der Waals surface area contributed by atoms with Crippen LogP contribution in [0.3, 0.4) is 0 Å². The molecule has 4 heteroatoms. The van der Waals surface area contributed by atoms with Crippen LogP contribution in [-0.2, 0) is 4.79 Å². The molecule has 0 radical (unpaired) electrons. The van der Waals surface area contributed by atoms with Gasteiger partial charge in [-0.3, -0.25) is 9.79 Å². The van der Waals surface area contributed by atoms with Crippen LogP contribution >= 0.6 is 11.6 Å². The molecule has 0 aromatic rings. The predicted molar refractivity (Wildman–Crippen MR) is 49.6 cm³/mol. The van der Waals surface area contributed by atoms with Crippen LogP contribution in [0.25, 0.3) is 0 Å². The summed E-state index contributed by atoms with van der Waals surface area (Å²) in [5.74, 6) is 0.847. The number of hydrogen-bond acceptors (Lipinski definition) is 2. The third-order valence-electron chi connectivity index (χ3n) is 1.98. The van der Waals surface area contributed by atoms with Crippen molar-refractivity contribution in [2.45, 2.75) is 19.3 Å². The molecule has 0 spiro atoms. The van der Waals surface area contributed by atoms with Crippen molar-refractivity contribution in [1.29, 1.82) is 0 Å². The van der Waals surface area contributed by atoms with Gasteiger partial charge in [-0.25, -0.2) is 0 Å². The lowest BCUT2D eigenvalue weighted by atomic mass is 10.1. The third-order valence-corrected chi connectivity index (χ3v) is 2.21. The van der Waals surface area contributed by atoms with Crippen molar-refractivity contribution < 1.29 is 4.79 Å². The molecule has 0 aromatic carbocycles. The van der Waals surface area contributed by atoms with E-state index < -0.39 is 0 Å². The third kappa shape index (κ3) is 2.21. The lowest BCUT2D eigenvalue weighted by molar-refractivity contribution is -0.123. The van der Waals surface area contributed by atoms with Gasteiger partial charge in [-0.2, -0.15) is 0 Å². The van der Waals surface area contributed by atoms with Gasteiger partial charge in [-0.05, 0) is 12.8 Å². The van der Waals surface area contributed by atoms with Crippen LogP contribution in [0.1, 0.15) is 19.3 Å². The summed E-state index contributed by atoms with van der Waals surface area (Å²) in [5, 5.41) is 0. The molecular formula is C8H13ClN2O. The number of carbonyl (C=O) groups excluding carboxylic acids is 1. The molecule has 68 valence electrons. The molecule has 0 bridgehead atoms. The average Bonchev–Trinajstić information content (AvgIpc) is 2.17.